The Kier molecular flexibility index (Phi) is 23.9. The molecule has 0 amide bonds. The number of allylic oxidation sites excluding steroid dienone is 5. The Morgan fingerprint density at radius 1 is 0.746 bits per heavy atom. The highest BCUT2D eigenvalue weighted by Crippen LogP contribution is 2.65. The van der Waals surface area contributed by atoms with E-state index < -0.39 is 5.97 Å². The minimum Gasteiger partial charge on any atom is -0.460 e. The van der Waals surface area contributed by atoms with Gasteiger partial charge in [-0.15, -0.1) is 0 Å². The van der Waals surface area contributed by atoms with Crippen LogP contribution in [-0.4, -0.2) is 50.6 Å². The normalized spacial score (nSPS) is 28.4. The summed E-state index contributed by atoms with van der Waals surface area (Å²) in [5.74, 6) is 5.48. The van der Waals surface area contributed by atoms with Crippen LogP contribution in [-0.2, 0) is 28.5 Å². The van der Waals surface area contributed by atoms with Crippen molar-refractivity contribution in [2.45, 2.75) is 233 Å². The van der Waals surface area contributed by atoms with Crippen molar-refractivity contribution in [2.75, 3.05) is 26.4 Å². The van der Waals surface area contributed by atoms with E-state index in [1.54, 1.807) is 5.57 Å². The third kappa shape index (κ3) is 17.7. The van der Waals surface area contributed by atoms with Crippen LogP contribution in [0.3, 0.4) is 0 Å². The first-order chi connectivity index (χ1) is 30.7. The summed E-state index contributed by atoms with van der Waals surface area (Å²) >= 11 is 0. The van der Waals surface area contributed by atoms with Crippen LogP contribution in [0.4, 0.5) is 0 Å². The lowest BCUT2D eigenvalue weighted by atomic mass is 9.51. The second-order valence-electron chi connectivity index (χ2n) is 22.0. The van der Waals surface area contributed by atoms with Crippen molar-refractivity contribution >= 4 is 11.9 Å². The molecule has 6 nitrogen and oxygen atoms in total. The zero-order valence-electron chi connectivity index (χ0n) is 41.4. The molecule has 6 heteroatoms. The molecule has 0 bridgehead atoms. The molecule has 5 unspecified atom stereocenters. The number of hydrogen-bond acceptors (Lipinski definition) is 6. The van der Waals surface area contributed by atoms with Crippen LogP contribution in [0.2, 0.25) is 0 Å². The highest BCUT2D eigenvalue weighted by atomic mass is 16.6. The van der Waals surface area contributed by atoms with Gasteiger partial charge in [0, 0.05) is 13.0 Å². The molecular weight excluding hydrogens is 781 g/mol. The van der Waals surface area contributed by atoms with E-state index >= 15 is 0 Å². The molecule has 4 fully saturated rings. The van der Waals surface area contributed by atoms with Gasteiger partial charge in [-0.25, -0.2) is 9.59 Å². The van der Waals surface area contributed by atoms with E-state index in [4.69, 9.17) is 18.9 Å². The summed E-state index contributed by atoms with van der Waals surface area (Å²) in [6, 6.07) is 0. The van der Waals surface area contributed by atoms with Gasteiger partial charge in [-0.1, -0.05) is 160 Å². The van der Waals surface area contributed by atoms with E-state index in [2.05, 4.69) is 65.0 Å². The van der Waals surface area contributed by atoms with E-state index in [1.165, 1.54) is 148 Å². The van der Waals surface area contributed by atoms with Crippen molar-refractivity contribution in [3.05, 3.63) is 36.0 Å². The van der Waals surface area contributed by atoms with E-state index in [9.17, 15) is 9.59 Å². The molecule has 0 N–H and O–H groups in total. The molecule has 5 aliphatic rings. The summed E-state index contributed by atoms with van der Waals surface area (Å²) in [4.78, 5) is 25.9. The van der Waals surface area contributed by atoms with Crippen molar-refractivity contribution in [3.8, 4) is 0 Å². The molecule has 4 saturated carbocycles. The third-order valence-electron chi connectivity index (χ3n) is 16.8. The predicted octanol–water partition coefficient (Wildman–Crippen LogP) is 15.3. The van der Waals surface area contributed by atoms with Gasteiger partial charge in [-0.3, -0.25) is 0 Å². The van der Waals surface area contributed by atoms with Crippen molar-refractivity contribution < 1.29 is 28.5 Å². The molecule has 9 atom stereocenters. The summed E-state index contributed by atoms with van der Waals surface area (Å²) in [5, 5.41) is 0. The van der Waals surface area contributed by atoms with E-state index in [1.807, 2.05) is 0 Å². The maximum Gasteiger partial charge on any atom is 0.332 e. The van der Waals surface area contributed by atoms with Gasteiger partial charge in [0.15, 0.2) is 0 Å². The summed E-state index contributed by atoms with van der Waals surface area (Å²) in [6.45, 7) is 12.9. The first-order valence-electron chi connectivity index (χ1n) is 27.2. The van der Waals surface area contributed by atoms with Crippen LogP contribution in [0, 0.1) is 52.8 Å². The van der Waals surface area contributed by atoms with Crippen LogP contribution in [0.25, 0.3) is 0 Å². The van der Waals surface area contributed by atoms with Gasteiger partial charge in [0.05, 0.1) is 6.61 Å². The van der Waals surface area contributed by atoms with Crippen LogP contribution < -0.4 is 0 Å². The number of esters is 2. The van der Waals surface area contributed by atoms with Crippen molar-refractivity contribution in [2.24, 2.45) is 52.8 Å². The fourth-order valence-electron chi connectivity index (χ4n) is 13.4. The number of carbonyl (C=O) groups is 2. The minimum absolute atomic E-state index is 0.0923. The first kappa shape index (κ1) is 52.1. The summed E-state index contributed by atoms with van der Waals surface area (Å²) in [6.07, 6.45) is 47.1. The average Bonchev–Trinajstić information content (AvgIpc) is 3.63. The monoisotopic (exact) mass is 877 g/mol. The van der Waals surface area contributed by atoms with Crippen LogP contribution in [0.5, 0.6) is 0 Å². The molecule has 0 aromatic rings. The fraction of sp³-hybridized carbons (Fsp3) is 0.860. The minimum atomic E-state index is -0.416. The average molecular weight is 877 g/mol. The maximum atomic E-state index is 13.0. The molecule has 0 saturated heterocycles. The maximum absolute atomic E-state index is 13.0. The van der Waals surface area contributed by atoms with Crippen molar-refractivity contribution in [1.29, 1.82) is 0 Å². The predicted molar refractivity (Wildman–Crippen MR) is 260 cm³/mol. The quantitative estimate of drug-likeness (QED) is 0.0407. The Balaban J connectivity index is 0.937. The zero-order chi connectivity index (χ0) is 44.7. The number of hydrogen-bond donors (Lipinski definition) is 0. The van der Waals surface area contributed by atoms with E-state index in [-0.39, 0.29) is 31.4 Å². The van der Waals surface area contributed by atoms with E-state index in [0.29, 0.717) is 30.5 Å². The largest absolute Gasteiger partial charge is 0.460 e. The van der Waals surface area contributed by atoms with E-state index in [0.717, 1.165) is 74.0 Å². The molecule has 5 aliphatic carbocycles. The van der Waals surface area contributed by atoms with Gasteiger partial charge < -0.3 is 18.9 Å². The summed E-state index contributed by atoms with van der Waals surface area (Å²) < 4.78 is 23.6. The second kappa shape index (κ2) is 29.0. The Hall–Kier alpha value is -1.92. The smallest absolute Gasteiger partial charge is 0.332 e. The molecule has 0 heterocycles. The molecule has 0 aromatic carbocycles. The molecular formula is C57H96O6. The number of carbonyl (C=O) groups excluding carboxylic acids is 2. The summed E-state index contributed by atoms with van der Waals surface area (Å²) in [5.41, 5.74) is 2.05. The number of fused-ring (bicyclic) bond motifs is 5. The SMILES string of the molecule is CCCCC/C=C\C/C=C\CCCCCCCCOCC(CC1CCCCC1)OC(=O)COCC(=O)O[C@H]1CCC2C(=CCC3C2CC[C@@]2(C)C3CC[C@@H]2[C@H](C)CCCC(C)C)C1. The Morgan fingerprint density at radius 3 is 2.24 bits per heavy atom. The molecule has 0 radical (unpaired) electrons. The van der Waals surface area contributed by atoms with Crippen molar-refractivity contribution in [3.63, 3.8) is 0 Å². The van der Waals surface area contributed by atoms with Gasteiger partial charge in [0.25, 0.3) is 0 Å². The Labute approximate surface area is 387 Å². The molecule has 5 rings (SSSR count). The van der Waals surface area contributed by atoms with Gasteiger partial charge in [0.2, 0.25) is 0 Å². The lowest BCUT2D eigenvalue weighted by Crippen LogP contribution is -2.47. The highest BCUT2D eigenvalue weighted by Gasteiger charge is 2.56. The van der Waals surface area contributed by atoms with Crippen LogP contribution in [0.1, 0.15) is 221 Å². The zero-order valence-corrected chi connectivity index (χ0v) is 41.4. The lowest BCUT2D eigenvalue weighted by molar-refractivity contribution is -0.164. The van der Waals surface area contributed by atoms with Crippen LogP contribution in [0.15, 0.2) is 36.0 Å². The highest BCUT2D eigenvalue weighted by molar-refractivity contribution is 5.73. The van der Waals surface area contributed by atoms with Gasteiger partial charge in [-0.2, -0.15) is 0 Å². The fourth-order valence-corrected chi connectivity index (χ4v) is 13.4. The number of rotatable bonds is 30. The molecule has 0 aliphatic heterocycles. The van der Waals surface area contributed by atoms with Gasteiger partial charge >= 0.3 is 11.9 Å². The van der Waals surface area contributed by atoms with Gasteiger partial charge in [-0.05, 0) is 143 Å². The molecule has 0 aromatic heterocycles. The molecule has 63 heavy (non-hydrogen) atoms. The second-order valence-corrected chi connectivity index (χ2v) is 22.0. The Bertz CT molecular complexity index is 1380. The third-order valence-corrected chi connectivity index (χ3v) is 16.8. The number of unbranched alkanes of at least 4 members (excludes halogenated alkanes) is 9. The number of ether oxygens (including phenoxy) is 4. The summed E-state index contributed by atoms with van der Waals surface area (Å²) in [7, 11) is 0. The molecule has 360 valence electrons. The van der Waals surface area contributed by atoms with Gasteiger partial charge in [0.1, 0.15) is 25.4 Å². The van der Waals surface area contributed by atoms with Crippen LogP contribution >= 0.6 is 0 Å². The standard InChI is InChI=1S/C57H96O6/c1-6-7-8-9-10-11-12-13-14-15-16-17-18-19-20-24-38-60-41-49(39-46-28-22-21-23-29-46)63-56(59)43-61-42-55(58)62-48-31-33-50-47(40-48)30-32-52-51(50)36-37-57(5)53(34-35-54(52)57)45(4)27-25-26-44(2)3/h10-11,13-14,30,44-46,48-54H,6-9,12,15-29,31-43H2,1-5H3/b11-10-,14-13-/t45-,48+,49?,50?,51?,52?,53-,54?,57-/m1/s1. The first-order valence-corrected chi connectivity index (χ1v) is 27.2. The molecule has 0 spiro atoms. The topological polar surface area (TPSA) is 71.1 Å². The Morgan fingerprint density at radius 2 is 1.48 bits per heavy atom. The van der Waals surface area contributed by atoms with Crippen molar-refractivity contribution in [1.82, 2.24) is 0 Å². The lowest BCUT2D eigenvalue weighted by Gasteiger charge is -2.54.